The van der Waals surface area contributed by atoms with Gasteiger partial charge in [0.25, 0.3) is 21.6 Å². The minimum absolute atomic E-state index is 0.177. The number of amides is 1. The Kier molecular flexibility index (Phi) is 10.5. The Bertz CT molecular complexity index is 1960. The summed E-state index contributed by atoms with van der Waals surface area (Å²) in [6.45, 7) is 10.8. The maximum atomic E-state index is 13.2. The molecule has 0 spiro atoms. The van der Waals surface area contributed by atoms with Gasteiger partial charge < -0.3 is 20.3 Å². The third-order valence-electron chi connectivity index (χ3n) is 12.5. The first-order valence-corrected chi connectivity index (χ1v) is 20.4. The predicted octanol–water partition coefficient (Wildman–Crippen LogP) is 7.72. The molecule has 2 bridgehead atoms. The number of nitro groups is 1. The molecule has 282 valence electrons. The Morgan fingerprint density at radius 2 is 1.72 bits per heavy atom. The Hall–Kier alpha value is -4.42. The van der Waals surface area contributed by atoms with Crippen molar-refractivity contribution in [2.45, 2.75) is 70.2 Å². The van der Waals surface area contributed by atoms with Gasteiger partial charge in [-0.25, -0.2) is 13.1 Å². The van der Waals surface area contributed by atoms with Crippen molar-refractivity contribution in [1.29, 1.82) is 0 Å². The number of rotatable bonds is 11. The summed E-state index contributed by atoms with van der Waals surface area (Å²) >= 11 is 0. The van der Waals surface area contributed by atoms with Crippen molar-refractivity contribution < 1.29 is 22.9 Å². The fraction of sp³-hybridized carbons (Fsp3) is 0.488. The van der Waals surface area contributed by atoms with Crippen molar-refractivity contribution in [2.24, 2.45) is 29.1 Å². The molecule has 3 saturated carbocycles. The van der Waals surface area contributed by atoms with Gasteiger partial charge in [-0.15, -0.1) is 0 Å². The second-order valence-electron chi connectivity index (χ2n) is 15.9. The summed E-state index contributed by atoms with van der Waals surface area (Å²) in [6, 6.07) is 19.6. The molecule has 12 heteroatoms. The number of benzene rings is 3. The van der Waals surface area contributed by atoms with Crippen LogP contribution in [0.25, 0.3) is 6.08 Å². The Morgan fingerprint density at radius 1 is 1.00 bits per heavy atom. The van der Waals surface area contributed by atoms with Crippen molar-refractivity contribution in [2.75, 3.05) is 48.4 Å². The lowest BCUT2D eigenvalue weighted by molar-refractivity contribution is -0.384. The van der Waals surface area contributed by atoms with Crippen LogP contribution < -0.4 is 20.3 Å². The molecule has 3 aliphatic carbocycles. The van der Waals surface area contributed by atoms with E-state index in [4.69, 9.17) is 4.74 Å². The van der Waals surface area contributed by atoms with Gasteiger partial charge in [0.05, 0.1) is 9.82 Å². The number of anilines is 3. The van der Waals surface area contributed by atoms with E-state index >= 15 is 0 Å². The van der Waals surface area contributed by atoms with Gasteiger partial charge >= 0.3 is 0 Å². The largest absolute Gasteiger partial charge is 0.382 e. The van der Waals surface area contributed by atoms with Crippen LogP contribution in [-0.2, 0) is 14.8 Å². The van der Waals surface area contributed by atoms with Gasteiger partial charge in [0.15, 0.2) is 0 Å². The molecule has 2 aliphatic heterocycles. The zero-order valence-corrected chi connectivity index (χ0v) is 31.7. The van der Waals surface area contributed by atoms with Gasteiger partial charge in [0.2, 0.25) is 0 Å². The molecular formula is C41H51N5O6S. The van der Waals surface area contributed by atoms with Crippen molar-refractivity contribution >= 4 is 44.8 Å². The minimum Gasteiger partial charge on any atom is -0.382 e. The number of nitrogens with one attached hydrogen (secondary N) is 3. The number of hydrogen-bond acceptors (Lipinski definition) is 9. The van der Waals surface area contributed by atoms with Gasteiger partial charge in [-0.3, -0.25) is 14.9 Å². The monoisotopic (exact) mass is 741 g/mol. The molecule has 3 N–H and O–H groups in total. The van der Waals surface area contributed by atoms with Crippen LogP contribution in [0.5, 0.6) is 0 Å². The number of nitro benzene ring substituents is 1. The number of carbonyl (C=O) groups excluding carboxylic acids is 1. The summed E-state index contributed by atoms with van der Waals surface area (Å²) in [7, 11) is -4.37. The fourth-order valence-corrected chi connectivity index (χ4v) is 9.95. The van der Waals surface area contributed by atoms with E-state index < -0.39 is 20.9 Å². The van der Waals surface area contributed by atoms with Gasteiger partial charge in [-0.05, 0) is 116 Å². The number of ether oxygens (including phenoxy) is 1. The van der Waals surface area contributed by atoms with E-state index in [1.165, 1.54) is 41.8 Å². The molecule has 0 radical (unpaired) electrons. The number of fused-ring (bicyclic) bond motifs is 2. The Labute approximate surface area is 312 Å². The summed E-state index contributed by atoms with van der Waals surface area (Å²) in [4.78, 5) is 26.2. The second-order valence-corrected chi connectivity index (χ2v) is 17.6. The summed E-state index contributed by atoms with van der Waals surface area (Å²) in [5, 5.41) is 18.8. The first-order valence-electron chi connectivity index (χ1n) is 19.0. The highest BCUT2D eigenvalue weighted by molar-refractivity contribution is 7.90. The molecule has 5 aliphatic rings. The van der Waals surface area contributed by atoms with E-state index in [9.17, 15) is 23.3 Å². The van der Waals surface area contributed by atoms with E-state index in [0.29, 0.717) is 43.1 Å². The first-order chi connectivity index (χ1) is 25.4. The smallest absolute Gasteiger partial charge is 0.293 e. The van der Waals surface area contributed by atoms with Crippen LogP contribution in [0.1, 0.15) is 75.2 Å². The Morgan fingerprint density at radius 3 is 2.40 bits per heavy atom. The third kappa shape index (κ3) is 7.94. The summed E-state index contributed by atoms with van der Waals surface area (Å²) in [6.07, 6.45) is 8.48. The van der Waals surface area contributed by atoms with Crippen LogP contribution in [0.4, 0.5) is 22.7 Å². The minimum atomic E-state index is -4.37. The van der Waals surface area contributed by atoms with Crippen molar-refractivity contribution in [3.05, 3.63) is 93.5 Å². The van der Waals surface area contributed by atoms with Crippen LogP contribution in [0.15, 0.2) is 77.2 Å². The molecule has 1 amide bonds. The molecule has 0 unspecified atom stereocenters. The van der Waals surface area contributed by atoms with Gasteiger partial charge in [-0.2, -0.15) is 0 Å². The molecule has 53 heavy (non-hydrogen) atoms. The van der Waals surface area contributed by atoms with Crippen LogP contribution in [-0.4, -0.2) is 58.1 Å². The SMILES string of the molecule is C[C@H]1[C@@H](Nc2ccccc2C=C2CCN(c3ccc(C(=O)NS(=O)(=O)c4ccc(NCC5CCOCC5)c([N+](=O)[O-])c4)cc3)CC2)C[C@@H]2C[C@@H]1C2(C)C. The lowest BCUT2D eigenvalue weighted by atomic mass is 9.45. The van der Waals surface area contributed by atoms with Crippen molar-refractivity contribution in [1.82, 2.24) is 4.72 Å². The highest BCUT2D eigenvalue weighted by atomic mass is 32.2. The molecule has 5 fully saturated rings. The third-order valence-corrected chi connectivity index (χ3v) is 13.9. The van der Waals surface area contributed by atoms with Gasteiger partial charge in [0.1, 0.15) is 5.69 Å². The van der Waals surface area contributed by atoms with Crippen LogP contribution >= 0.6 is 0 Å². The first kappa shape index (κ1) is 36.9. The summed E-state index contributed by atoms with van der Waals surface area (Å²) < 4.78 is 33.7. The quantitative estimate of drug-likeness (QED) is 0.133. The highest BCUT2D eigenvalue weighted by Crippen LogP contribution is 2.61. The van der Waals surface area contributed by atoms with Crippen LogP contribution in [0, 0.1) is 39.2 Å². The maximum Gasteiger partial charge on any atom is 0.293 e. The molecule has 11 nitrogen and oxygen atoms in total. The van der Waals surface area contributed by atoms with Gasteiger partial charge in [-0.1, -0.05) is 50.6 Å². The standard InChI is InChI=1S/C41H51N5O6S/c1-27-35-23-32(41(35,2)3)24-38(27)43-36-7-5-4-6-31(36)22-28-14-18-45(19-15-28)33-10-8-30(9-11-33)40(47)44-53(50,51)34-12-13-37(39(25-34)46(48)49)42-26-29-16-20-52-21-17-29/h4-13,22,25,27,29,32,35,38,42-43H,14-21,23-24,26H2,1-3H3,(H,44,47)/t27-,32+,35+,38+/m1/s1. The predicted molar refractivity (Wildman–Crippen MR) is 209 cm³/mol. The maximum absolute atomic E-state index is 13.2. The molecule has 3 aromatic carbocycles. The average Bonchev–Trinajstić information content (AvgIpc) is 3.15. The fourth-order valence-electron chi connectivity index (χ4n) is 8.96. The molecule has 2 heterocycles. The zero-order valence-electron chi connectivity index (χ0n) is 30.8. The van der Waals surface area contributed by atoms with Crippen molar-refractivity contribution in [3.8, 4) is 0 Å². The molecule has 2 saturated heterocycles. The number of para-hydroxylation sites is 1. The van der Waals surface area contributed by atoms with E-state index in [-0.39, 0.29) is 21.8 Å². The number of piperidine rings is 1. The van der Waals surface area contributed by atoms with E-state index in [1.54, 1.807) is 12.1 Å². The summed E-state index contributed by atoms with van der Waals surface area (Å²) in [5.41, 5.74) is 5.31. The molecule has 3 aromatic rings. The highest BCUT2D eigenvalue weighted by Gasteiger charge is 2.56. The number of sulfonamides is 1. The zero-order chi connectivity index (χ0) is 37.3. The normalized spacial score (nSPS) is 24.1. The second kappa shape index (κ2) is 15.1. The molecule has 4 atom stereocenters. The van der Waals surface area contributed by atoms with Crippen LogP contribution in [0.2, 0.25) is 0 Å². The lowest BCUT2D eigenvalue weighted by Gasteiger charge is -2.62. The van der Waals surface area contributed by atoms with E-state index in [0.717, 1.165) is 62.4 Å². The average molecular weight is 742 g/mol. The number of carbonyl (C=O) groups is 1. The van der Waals surface area contributed by atoms with Gasteiger partial charge in [0, 0.05) is 61.9 Å². The number of nitrogens with zero attached hydrogens (tertiary/aromatic N) is 2. The lowest BCUT2D eigenvalue weighted by Crippen LogP contribution is -2.58. The topological polar surface area (TPSA) is 143 Å². The van der Waals surface area contributed by atoms with E-state index in [2.05, 4.69) is 71.4 Å². The van der Waals surface area contributed by atoms with E-state index in [1.807, 2.05) is 12.1 Å². The number of hydrogen-bond donors (Lipinski definition) is 3. The molecule has 8 rings (SSSR count). The van der Waals surface area contributed by atoms with Crippen molar-refractivity contribution in [3.63, 3.8) is 0 Å². The molecular weight excluding hydrogens is 691 g/mol. The summed E-state index contributed by atoms with van der Waals surface area (Å²) in [5.74, 6) is 1.75. The Balaban J connectivity index is 0.939. The molecule has 0 aromatic heterocycles. The van der Waals surface area contributed by atoms with Crippen LogP contribution in [0.3, 0.4) is 0 Å².